The third kappa shape index (κ3) is 6.33. The zero-order valence-corrected chi connectivity index (χ0v) is 16.9. The molecule has 2 rings (SSSR count). The minimum atomic E-state index is -0.613. The van der Waals surface area contributed by atoms with Crippen molar-refractivity contribution in [3.05, 3.63) is 45.0 Å². The molecule has 0 spiro atoms. The molecule has 6 nitrogen and oxygen atoms in total. The molecule has 0 aliphatic rings. The molecule has 0 radical (unpaired) electrons. The molecule has 0 aliphatic heterocycles. The Bertz CT molecular complexity index is 821. The van der Waals surface area contributed by atoms with Gasteiger partial charge in [-0.3, -0.25) is 4.79 Å². The number of amides is 1. The average molecular weight is 408 g/mol. The summed E-state index contributed by atoms with van der Waals surface area (Å²) >= 11 is 2.79. The highest BCUT2D eigenvalue weighted by Gasteiger charge is 2.20. The van der Waals surface area contributed by atoms with Crippen LogP contribution in [0.4, 0.5) is 5.00 Å². The summed E-state index contributed by atoms with van der Waals surface area (Å²) in [6.45, 7) is 5.51. The summed E-state index contributed by atoms with van der Waals surface area (Å²) in [5.41, 5.74) is 0.308. The summed E-state index contributed by atoms with van der Waals surface area (Å²) in [6.07, 6.45) is 2.89. The lowest BCUT2D eigenvalue weighted by atomic mass is 10.1. The smallest absolute Gasteiger partial charge is 0.341 e. The van der Waals surface area contributed by atoms with Gasteiger partial charge in [0.25, 0.3) is 5.91 Å². The lowest BCUT2D eigenvalue weighted by Gasteiger charge is -2.06. The van der Waals surface area contributed by atoms with Crippen LogP contribution in [0, 0.1) is 0 Å². The highest BCUT2D eigenvalue weighted by atomic mass is 32.1. The van der Waals surface area contributed by atoms with Gasteiger partial charge in [0.05, 0.1) is 12.2 Å². The van der Waals surface area contributed by atoms with Crippen molar-refractivity contribution in [3.63, 3.8) is 0 Å². The molecule has 0 bridgehead atoms. The second-order valence-corrected chi connectivity index (χ2v) is 7.83. The van der Waals surface area contributed by atoms with E-state index in [1.54, 1.807) is 19.1 Å². The Morgan fingerprint density at radius 3 is 2.67 bits per heavy atom. The number of hydrogen-bond donors (Lipinski definition) is 1. The van der Waals surface area contributed by atoms with Gasteiger partial charge in [-0.1, -0.05) is 19.9 Å². The number of nitrogens with one attached hydrogen (secondary N) is 1. The lowest BCUT2D eigenvalue weighted by molar-refractivity contribution is -0.142. The van der Waals surface area contributed by atoms with E-state index in [2.05, 4.69) is 5.32 Å². The summed E-state index contributed by atoms with van der Waals surface area (Å²) in [5, 5.41) is 4.92. The molecule has 2 aromatic rings. The summed E-state index contributed by atoms with van der Waals surface area (Å²) in [6, 6.07) is 5.45. The Labute approximate surface area is 165 Å². The SMILES string of the molecule is CCOC(=O)c1cc(C(C)C)sc1NC(=O)COC(=O)/C=C/c1cccs1. The standard InChI is InChI=1S/C19H21NO5S2/c1-4-24-19(23)14-10-15(12(2)3)27-18(14)20-16(21)11-25-17(22)8-7-13-6-5-9-26-13/h5-10,12H,4,11H2,1-3H3,(H,20,21)/b8-7+. The third-order valence-electron chi connectivity index (χ3n) is 3.34. The highest BCUT2D eigenvalue weighted by Crippen LogP contribution is 2.33. The van der Waals surface area contributed by atoms with Crippen LogP contribution in [0.25, 0.3) is 6.08 Å². The third-order valence-corrected chi connectivity index (χ3v) is 5.53. The Morgan fingerprint density at radius 1 is 1.26 bits per heavy atom. The molecular formula is C19H21NO5S2. The molecule has 0 saturated heterocycles. The number of thiophene rings is 2. The van der Waals surface area contributed by atoms with Crippen LogP contribution in [0.3, 0.4) is 0 Å². The Balaban J connectivity index is 1.96. The molecule has 0 fully saturated rings. The molecule has 0 atom stereocenters. The average Bonchev–Trinajstić information content (AvgIpc) is 3.28. The van der Waals surface area contributed by atoms with Gasteiger partial charge in [0, 0.05) is 15.8 Å². The van der Waals surface area contributed by atoms with Crippen LogP contribution in [-0.4, -0.2) is 31.1 Å². The summed E-state index contributed by atoms with van der Waals surface area (Å²) in [7, 11) is 0. The minimum absolute atomic E-state index is 0.203. The molecule has 1 N–H and O–H groups in total. The van der Waals surface area contributed by atoms with Crippen LogP contribution < -0.4 is 5.32 Å². The van der Waals surface area contributed by atoms with Gasteiger partial charge in [0.2, 0.25) is 0 Å². The van der Waals surface area contributed by atoms with Crippen molar-refractivity contribution >= 4 is 51.6 Å². The molecule has 144 valence electrons. The first-order chi connectivity index (χ1) is 12.9. The second kappa shape index (κ2) is 10.0. The largest absolute Gasteiger partial charge is 0.462 e. The Hall–Kier alpha value is -2.45. The number of carbonyl (C=O) groups is 3. The van der Waals surface area contributed by atoms with Gasteiger partial charge in [-0.2, -0.15) is 0 Å². The molecule has 0 unspecified atom stereocenters. The van der Waals surface area contributed by atoms with E-state index in [4.69, 9.17) is 9.47 Å². The van der Waals surface area contributed by atoms with Gasteiger partial charge in [-0.25, -0.2) is 9.59 Å². The predicted molar refractivity (Wildman–Crippen MR) is 107 cm³/mol. The van der Waals surface area contributed by atoms with E-state index in [-0.39, 0.29) is 12.5 Å². The number of carbonyl (C=O) groups excluding carboxylic acids is 3. The highest BCUT2D eigenvalue weighted by molar-refractivity contribution is 7.16. The van der Waals surface area contributed by atoms with E-state index in [0.717, 1.165) is 9.75 Å². The van der Waals surface area contributed by atoms with Gasteiger partial charge in [-0.15, -0.1) is 22.7 Å². The van der Waals surface area contributed by atoms with Crippen LogP contribution in [-0.2, 0) is 19.1 Å². The minimum Gasteiger partial charge on any atom is -0.462 e. The number of rotatable bonds is 8. The monoisotopic (exact) mass is 407 g/mol. The summed E-state index contributed by atoms with van der Waals surface area (Å²) in [4.78, 5) is 37.7. The van der Waals surface area contributed by atoms with Crippen LogP contribution >= 0.6 is 22.7 Å². The van der Waals surface area contributed by atoms with Crippen molar-refractivity contribution in [2.45, 2.75) is 26.7 Å². The van der Waals surface area contributed by atoms with E-state index in [0.29, 0.717) is 10.6 Å². The van der Waals surface area contributed by atoms with E-state index in [1.807, 2.05) is 31.4 Å². The zero-order valence-electron chi connectivity index (χ0n) is 15.3. The number of hydrogen-bond acceptors (Lipinski definition) is 7. The van der Waals surface area contributed by atoms with E-state index in [9.17, 15) is 14.4 Å². The fourth-order valence-electron chi connectivity index (χ4n) is 2.03. The Morgan fingerprint density at radius 2 is 2.04 bits per heavy atom. The molecule has 2 aromatic heterocycles. The summed E-state index contributed by atoms with van der Waals surface area (Å²) < 4.78 is 9.96. The van der Waals surface area contributed by atoms with Crippen molar-refractivity contribution in [2.75, 3.05) is 18.5 Å². The van der Waals surface area contributed by atoms with Gasteiger partial charge in [0.1, 0.15) is 5.00 Å². The molecule has 27 heavy (non-hydrogen) atoms. The molecule has 2 heterocycles. The molecule has 1 amide bonds. The number of anilines is 1. The van der Waals surface area contributed by atoms with E-state index < -0.39 is 24.5 Å². The van der Waals surface area contributed by atoms with Crippen LogP contribution in [0.1, 0.15) is 46.8 Å². The first kappa shape index (κ1) is 20.9. The van der Waals surface area contributed by atoms with E-state index in [1.165, 1.54) is 28.7 Å². The van der Waals surface area contributed by atoms with Crippen molar-refractivity contribution in [1.82, 2.24) is 0 Å². The molecular weight excluding hydrogens is 386 g/mol. The van der Waals surface area contributed by atoms with Gasteiger partial charge >= 0.3 is 11.9 Å². The summed E-state index contributed by atoms with van der Waals surface area (Å²) in [5.74, 6) is -1.42. The lowest BCUT2D eigenvalue weighted by Crippen LogP contribution is -2.20. The van der Waals surface area contributed by atoms with Gasteiger partial charge < -0.3 is 14.8 Å². The van der Waals surface area contributed by atoms with Crippen LogP contribution in [0.2, 0.25) is 0 Å². The van der Waals surface area contributed by atoms with Crippen molar-refractivity contribution in [1.29, 1.82) is 0 Å². The number of ether oxygens (including phenoxy) is 2. The normalized spacial score (nSPS) is 11.0. The quantitative estimate of drug-likeness (QED) is 0.521. The zero-order chi connectivity index (χ0) is 19.8. The first-order valence-corrected chi connectivity index (χ1v) is 10.1. The second-order valence-electron chi connectivity index (χ2n) is 5.77. The van der Waals surface area contributed by atoms with Crippen LogP contribution in [0.5, 0.6) is 0 Å². The maximum Gasteiger partial charge on any atom is 0.341 e. The molecule has 8 heteroatoms. The molecule has 0 saturated carbocycles. The predicted octanol–water partition coefficient (Wildman–Crippen LogP) is 4.30. The maximum atomic E-state index is 12.1. The van der Waals surface area contributed by atoms with E-state index >= 15 is 0 Å². The van der Waals surface area contributed by atoms with Crippen molar-refractivity contribution in [3.8, 4) is 0 Å². The van der Waals surface area contributed by atoms with Crippen LogP contribution in [0.15, 0.2) is 29.7 Å². The Kier molecular flexibility index (Phi) is 7.75. The fourth-order valence-corrected chi connectivity index (χ4v) is 3.71. The maximum absolute atomic E-state index is 12.1. The molecule has 0 aromatic carbocycles. The molecule has 0 aliphatic carbocycles. The van der Waals surface area contributed by atoms with Gasteiger partial charge in [0.15, 0.2) is 6.61 Å². The van der Waals surface area contributed by atoms with Crippen molar-refractivity contribution in [2.24, 2.45) is 0 Å². The topological polar surface area (TPSA) is 81.7 Å². The van der Waals surface area contributed by atoms with Crippen molar-refractivity contribution < 1.29 is 23.9 Å². The van der Waals surface area contributed by atoms with Gasteiger partial charge in [-0.05, 0) is 36.4 Å². The number of esters is 2. The first-order valence-electron chi connectivity index (χ1n) is 8.39. The fraction of sp³-hybridized carbons (Fsp3) is 0.316.